The minimum Gasteiger partial charge on any atom is -0.395 e. The molecule has 19 heavy (non-hydrogen) atoms. The van der Waals surface area contributed by atoms with Gasteiger partial charge in [0.25, 0.3) is 0 Å². The van der Waals surface area contributed by atoms with Crippen LogP contribution >= 0.6 is 12.2 Å². The molecule has 2 rings (SSSR count). The SMILES string of the molecule is Cc1ccc(N(CCO)C2CCCC2)c(C(N)=S)c1. The van der Waals surface area contributed by atoms with E-state index in [0.29, 0.717) is 17.6 Å². The second-order valence-corrected chi connectivity index (χ2v) is 5.68. The third-order valence-corrected chi connectivity index (χ3v) is 4.05. The molecule has 1 saturated carbocycles. The van der Waals surface area contributed by atoms with Gasteiger partial charge in [-0.2, -0.15) is 0 Å². The Morgan fingerprint density at radius 3 is 2.68 bits per heavy atom. The van der Waals surface area contributed by atoms with Gasteiger partial charge in [0.1, 0.15) is 4.99 Å². The number of benzene rings is 1. The Kier molecular flexibility index (Phi) is 4.77. The second-order valence-electron chi connectivity index (χ2n) is 5.24. The molecule has 0 unspecified atom stereocenters. The van der Waals surface area contributed by atoms with Crippen molar-refractivity contribution in [2.24, 2.45) is 5.73 Å². The first kappa shape index (κ1) is 14.3. The molecule has 0 aromatic heterocycles. The molecule has 1 fully saturated rings. The van der Waals surface area contributed by atoms with Crippen molar-refractivity contribution >= 4 is 22.9 Å². The molecule has 1 aromatic rings. The summed E-state index contributed by atoms with van der Waals surface area (Å²) < 4.78 is 0. The average molecular weight is 278 g/mol. The number of aliphatic hydroxyl groups is 1. The maximum Gasteiger partial charge on any atom is 0.106 e. The summed E-state index contributed by atoms with van der Waals surface area (Å²) in [5.41, 5.74) is 9.01. The van der Waals surface area contributed by atoms with Crippen molar-refractivity contribution in [3.8, 4) is 0 Å². The van der Waals surface area contributed by atoms with E-state index in [1.54, 1.807) is 0 Å². The lowest BCUT2D eigenvalue weighted by molar-refractivity contribution is 0.297. The molecule has 0 atom stereocenters. The zero-order chi connectivity index (χ0) is 13.8. The predicted molar refractivity (Wildman–Crippen MR) is 83.8 cm³/mol. The van der Waals surface area contributed by atoms with E-state index in [1.807, 2.05) is 13.0 Å². The molecule has 0 heterocycles. The lowest BCUT2D eigenvalue weighted by Gasteiger charge is -2.32. The van der Waals surface area contributed by atoms with Crippen molar-refractivity contribution in [1.29, 1.82) is 0 Å². The van der Waals surface area contributed by atoms with Gasteiger partial charge in [-0.05, 0) is 31.9 Å². The summed E-state index contributed by atoms with van der Waals surface area (Å²) >= 11 is 5.18. The van der Waals surface area contributed by atoms with Crippen molar-refractivity contribution in [3.63, 3.8) is 0 Å². The molecule has 0 aliphatic heterocycles. The quantitative estimate of drug-likeness (QED) is 0.812. The summed E-state index contributed by atoms with van der Waals surface area (Å²) in [6, 6.07) is 6.70. The first-order chi connectivity index (χ1) is 9.13. The van der Waals surface area contributed by atoms with Crippen LogP contribution in [0.3, 0.4) is 0 Å². The van der Waals surface area contributed by atoms with Gasteiger partial charge in [0.2, 0.25) is 0 Å². The van der Waals surface area contributed by atoms with Gasteiger partial charge in [-0.1, -0.05) is 36.7 Å². The van der Waals surface area contributed by atoms with Crippen molar-refractivity contribution in [2.45, 2.75) is 38.6 Å². The molecule has 0 saturated heterocycles. The molecule has 1 aromatic carbocycles. The van der Waals surface area contributed by atoms with Crippen LogP contribution in [0.2, 0.25) is 0 Å². The van der Waals surface area contributed by atoms with Gasteiger partial charge >= 0.3 is 0 Å². The molecule has 104 valence electrons. The van der Waals surface area contributed by atoms with E-state index >= 15 is 0 Å². The molecule has 4 heteroatoms. The monoisotopic (exact) mass is 278 g/mol. The van der Waals surface area contributed by atoms with Crippen molar-refractivity contribution in [1.82, 2.24) is 0 Å². The Hall–Kier alpha value is -1.13. The van der Waals surface area contributed by atoms with Gasteiger partial charge in [0, 0.05) is 23.8 Å². The Balaban J connectivity index is 2.37. The fourth-order valence-electron chi connectivity index (χ4n) is 2.92. The van der Waals surface area contributed by atoms with E-state index in [4.69, 9.17) is 18.0 Å². The molecule has 0 amide bonds. The number of thiocarbonyl (C=S) groups is 1. The van der Waals surface area contributed by atoms with Gasteiger partial charge in [0.05, 0.1) is 6.61 Å². The van der Waals surface area contributed by atoms with Crippen LogP contribution in [0.15, 0.2) is 18.2 Å². The summed E-state index contributed by atoms with van der Waals surface area (Å²) in [4.78, 5) is 2.71. The third-order valence-electron chi connectivity index (χ3n) is 3.83. The fraction of sp³-hybridized carbons (Fsp3) is 0.533. The lowest BCUT2D eigenvalue weighted by Crippen LogP contribution is -2.37. The van der Waals surface area contributed by atoms with Gasteiger partial charge in [-0.3, -0.25) is 0 Å². The Bertz CT molecular complexity index is 455. The van der Waals surface area contributed by atoms with Crippen LogP contribution in [-0.2, 0) is 0 Å². The van der Waals surface area contributed by atoms with Crippen LogP contribution in [-0.4, -0.2) is 29.3 Å². The highest BCUT2D eigenvalue weighted by molar-refractivity contribution is 7.80. The Morgan fingerprint density at radius 1 is 1.42 bits per heavy atom. The van der Waals surface area contributed by atoms with Gasteiger partial charge in [0.15, 0.2) is 0 Å². The average Bonchev–Trinajstić information content (AvgIpc) is 2.90. The van der Waals surface area contributed by atoms with Crippen LogP contribution in [0.5, 0.6) is 0 Å². The summed E-state index contributed by atoms with van der Waals surface area (Å²) in [5.74, 6) is 0. The Morgan fingerprint density at radius 2 is 2.11 bits per heavy atom. The minimum atomic E-state index is 0.154. The van der Waals surface area contributed by atoms with Crippen LogP contribution in [0.1, 0.15) is 36.8 Å². The third kappa shape index (κ3) is 3.25. The first-order valence-electron chi connectivity index (χ1n) is 6.91. The number of rotatable bonds is 5. The number of nitrogens with zero attached hydrogens (tertiary/aromatic N) is 1. The summed E-state index contributed by atoms with van der Waals surface area (Å²) in [6.07, 6.45) is 4.90. The molecule has 0 spiro atoms. The fourth-order valence-corrected chi connectivity index (χ4v) is 3.08. The maximum absolute atomic E-state index is 9.34. The molecule has 1 aliphatic rings. The van der Waals surface area contributed by atoms with Crippen LogP contribution in [0.25, 0.3) is 0 Å². The van der Waals surface area contributed by atoms with E-state index in [1.165, 1.54) is 25.7 Å². The molecule has 0 bridgehead atoms. The van der Waals surface area contributed by atoms with E-state index < -0.39 is 0 Å². The van der Waals surface area contributed by atoms with Gasteiger partial charge in [-0.25, -0.2) is 0 Å². The molecular formula is C15H22N2OS. The smallest absolute Gasteiger partial charge is 0.106 e. The number of nitrogens with two attached hydrogens (primary N) is 1. The Labute approximate surface area is 120 Å². The molecule has 0 radical (unpaired) electrons. The van der Waals surface area contributed by atoms with Crippen molar-refractivity contribution in [2.75, 3.05) is 18.1 Å². The summed E-state index contributed by atoms with van der Waals surface area (Å²) in [5, 5.41) is 9.34. The second kappa shape index (κ2) is 6.35. The zero-order valence-corrected chi connectivity index (χ0v) is 12.2. The highest BCUT2D eigenvalue weighted by Gasteiger charge is 2.24. The topological polar surface area (TPSA) is 49.5 Å². The number of hydrogen-bond acceptors (Lipinski definition) is 3. The number of aryl methyl sites for hydroxylation is 1. The van der Waals surface area contributed by atoms with Crippen LogP contribution in [0, 0.1) is 6.92 Å². The summed E-state index contributed by atoms with van der Waals surface area (Å²) in [6.45, 7) is 2.84. The zero-order valence-electron chi connectivity index (χ0n) is 11.4. The predicted octanol–water partition coefficient (Wildman–Crippen LogP) is 2.37. The van der Waals surface area contributed by atoms with Gasteiger partial charge < -0.3 is 15.7 Å². The van der Waals surface area contributed by atoms with Crippen molar-refractivity contribution in [3.05, 3.63) is 29.3 Å². The molecule has 1 aliphatic carbocycles. The number of hydrogen-bond donors (Lipinski definition) is 2. The maximum atomic E-state index is 9.34. The highest BCUT2D eigenvalue weighted by atomic mass is 32.1. The molecule has 3 N–H and O–H groups in total. The molecular weight excluding hydrogens is 256 g/mol. The molecule has 3 nitrogen and oxygen atoms in total. The highest BCUT2D eigenvalue weighted by Crippen LogP contribution is 2.30. The van der Waals surface area contributed by atoms with E-state index in [-0.39, 0.29) is 6.61 Å². The largest absolute Gasteiger partial charge is 0.395 e. The first-order valence-corrected chi connectivity index (χ1v) is 7.32. The summed E-state index contributed by atoms with van der Waals surface area (Å²) in [7, 11) is 0. The van der Waals surface area contributed by atoms with E-state index in [0.717, 1.165) is 16.8 Å². The van der Waals surface area contributed by atoms with Crippen LogP contribution in [0.4, 0.5) is 5.69 Å². The number of aliphatic hydroxyl groups excluding tert-OH is 1. The lowest BCUT2D eigenvalue weighted by atomic mass is 10.1. The normalized spacial score (nSPS) is 15.7. The van der Waals surface area contributed by atoms with E-state index in [2.05, 4.69) is 17.0 Å². The van der Waals surface area contributed by atoms with Crippen molar-refractivity contribution < 1.29 is 5.11 Å². The number of anilines is 1. The van der Waals surface area contributed by atoms with Crippen LogP contribution < -0.4 is 10.6 Å². The van der Waals surface area contributed by atoms with Gasteiger partial charge in [-0.15, -0.1) is 0 Å². The standard InChI is InChI=1S/C15H22N2OS/c1-11-6-7-14(13(10-11)15(16)19)17(8-9-18)12-4-2-3-5-12/h6-7,10,12,18H,2-5,8-9H2,1H3,(H2,16,19). The van der Waals surface area contributed by atoms with E-state index in [9.17, 15) is 5.11 Å². The minimum absolute atomic E-state index is 0.154.